The van der Waals surface area contributed by atoms with Crippen LogP contribution in [0.3, 0.4) is 0 Å². The fraction of sp³-hybridized carbons (Fsp3) is 0.278. The molecule has 0 saturated heterocycles. The van der Waals surface area contributed by atoms with E-state index in [0.717, 1.165) is 10.9 Å². The number of amides is 1. The first-order chi connectivity index (χ1) is 12.7. The summed E-state index contributed by atoms with van der Waals surface area (Å²) >= 11 is 0. The molecule has 1 N–H and O–H groups in total. The van der Waals surface area contributed by atoms with Crippen LogP contribution < -0.4 is 10.1 Å². The normalized spacial score (nSPS) is 11.6. The zero-order valence-electron chi connectivity index (χ0n) is 14.7. The molecule has 3 rings (SSSR count). The smallest absolute Gasteiger partial charge is 0.406 e. The maximum atomic E-state index is 12.4. The Morgan fingerprint density at radius 1 is 1.30 bits per heavy atom. The van der Waals surface area contributed by atoms with Gasteiger partial charge in [-0.25, -0.2) is 0 Å². The van der Waals surface area contributed by atoms with Crippen LogP contribution in [0.4, 0.5) is 13.2 Å². The van der Waals surface area contributed by atoms with Crippen molar-refractivity contribution in [2.24, 2.45) is 0 Å². The number of nitrogens with one attached hydrogen (secondary N) is 1. The molecule has 2 aromatic heterocycles. The van der Waals surface area contributed by atoms with E-state index in [0.29, 0.717) is 23.3 Å². The van der Waals surface area contributed by atoms with Gasteiger partial charge in [-0.3, -0.25) is 14.5 Å². The van der Waals surface area contributed by atoms with E-state index in [2.05, 4.69) is 20.1 Å². The number of hydrogen-bond acceptors (Lipinski definition) is 4. The van der Waals surface area contributed by atoms with Crippen LogP contribution in [0.15, 0.2) is 36.7 Å². The Bertz CT molecular complexity index is 982. The van der Waals surface area contributed by atoms with E-state index >= 15 is 0 Å². The minimum atomic E-state index is -4.72. The summed E-state index contributed by atoms with van der Waals surface area (Å²) in [5, 5.41) is 7.76. The fourth-order valence-electron chi connectivity index (χ4n) is 2.75. The van der Waals surface area contributed by atoms with Crippen molar-refractivity contribution >= 4 is 16.8 Å². The summed E-state index contributed by atoms with van der Waals surface area (Å²) < 4.78 is 42.8. The van der Waals surface area contributed by atoms with Crippen molar-refractivity contribution in [2.45, 2.75) is 26.3 Å². The second-order valence-corrected chi connectivity index (χ2v) is 6.01. The van der Waals surface area contributed by atoms with Crippen molar-refractivity contribution in [3.63, 3.8) is 0 Å². The number of hydrogen-bond donors (Lipinski definition) is 1. The number of carbonyl (C=O) groups excluding carboxylic acids is 1. The van der Waals surface area contributed by atoms with Gasteiger partial charge < -0.3 is 10.1 Å². The van der Waals surface area contributed by atoms with Crippen LogP contribution >= 0.6 is 0 Å². The molecule has 1 aromatic carbocycles. The highest BCUT2D eigenvalue weighted by molar-refractivity contribution is 5.86. The molecule has 27 heavy (non-hydrogen) atoms. The van der Waals surface area contributed by atoms with Crippen molar-refractivity contribution in [3.05, 3.63) is 53.5 Å². The van der Waals surface area contributed by atoms with Crippen molar-refractivity contribution in [2.75, 3.05) is 7.05 Å². The van der Waals surface area contributed by atoms with Gasteiger partial charge in [0.05, 0.1) is 24.2 Å². The van der Waals surface area contributed by atoms with E-state index < -0.39 is 6.36 Å². The van der Waals surface area contributed by atoms with Crippen molar-refractivity contribution in [1.29, 1.82) is 0 Å². The number of fused-ring (bicyclic) bond motifs is 1. The summed E-state index contributed by atoms with van der Waals surface area (Å²) in [6, 6.07) is 6.21. The van der Waals surface area contributed by atoms with Crippen molar-refractivity contribution in [3.8, 4) is 5.75 Å². The van der Waals surface area contributed by atoms with Gasteiger partial charge >= 0.3 is 6.36 Å². The first-order valence-electron chi connectivity index (χ1n) is 8.12. The predicted molar refractivity (Wildman–Crippen MR) is 92.3 cm³/mol. The molecule has 0 radical (unpaired) electrons. The Balaban J connectivity index is 1.83. The molecule has 3 aromatic rings. The minimum absolute atomic E-state index is 0.141. The fourth-order valence-corrected chi connectivity index (χ4v) is 2.75. The minimum Gasteiger partial charge on any atom is -0.406 e. The lowest BCUT2D eigenvalue weighted by Crippen LogP contribution is -2.20. The molecular formula is C18H17F3N4O2. The van der Waals surface area contributed by atoms with Gasteiger partial charge in [0.15, 0.2) is 0 Å². The van der Waals surface area contributed by atoms with Crippen molar-refractivity contribution in [1.82, 2.24) is 20.1 Å². The van der Waals surface area contributed by atoms with E-state index in [4.69, 9.17) is 0 Å². The number of ether oxygens (including phenoxy) is 1. The zero-order chi connectivity index (χ0) is 19.6. The third kappa shape index (κ3) is 4.55. The summed E-state index contributed by atoms with van der Waals surface area (Å²) in [6.07, 6.45) is -1.22. The average Bonchev–Trinajstić information content (AvgIpc) is 2.99. The second kappa shape index (κ2) is 7.26. The zero-order valence-corrected chi connectivity index (χ0v) is 14.7. The van der Waals surface area contributed by atoms with Crippen LogP contribution in [-0.4, -0.2) is 34.1 Å². The van der Waals surface area contributed by atoms with Gasteiger partial charge in [-0.1, -0.05) is 12.1 Å². The monoisotopic (exact) mass is 378 g/mol. The lowest BCUT2D eigenvalue weighted by atomic mass is 10.1. The number of rotatable bonds is 5. The average molecular weight is 378 g/mol. The summed E-state index contributed by atoms with van der Waals surface area (Å²) in [6.45, 7) is 1.91. The Hall–Kier alpha value is -3.10. The summed E-state index contributed by atoms with van der Waals surface area (Å²) in [4.78, 5) is 15.9. The number of aryl methyl sites for hydroxylation is 1. The quantitative estimate of drug-likeness (QED) is 0.741. The van der Waals surface area contributed by atoms with E-state index in [9.17, 15) is 18.0 Å². The summed E-state index contributed by atoms with van der Waals surface area (Å²) in [5.41, 5.74) is 2.46. The van der Waals surface area contributed by atoms with Crippen molar-refractivity contribution < 1.29 is 22.7 Å². The Labute approximate surface area is 153 Å². The highest BCUT2D eigenvalue weighted by atomic mass is 19.4. The Morgan fingerprint density at radius 3 is 2.74 bits per heavy atom. The first-order valence-corrected chi connectivity index (χ1v) is 8.12. The molecule has 0 spiro atoms. The number of halogens is 3. The highest BCUT2D eigenvalue weighted by Gasteiger charge is 2.31. The number of nitrogens with zero attached hydrogens (tertiary/aromatic N) is 3. The van der Waals surface area contributed by atoms with E-state index in [1.54, 1.807) is 49.2 Å². The highest BCUT2D eigenvalue weighted by Crippen LogP contribution is 2.27. The number of aromatic nitrogens is 3. The van der Waals surface area contributed by atoms with Crippen LogP contribution in [0.2, 0.25) is 0 Å². The number of alkyl halides is 3. The lowest BCUT2D eigenvalue weighted by molar-refractivity contribution is -0.274. The van der Waals surface area contributed by atoms with Gasteiger partial charge in [-0.2, -0.15) is 5.10 Å². The number of carbonyl (C=O) groups is 1. The van der Waals surface area contributed by atoms with Gasteiger partial charge in [0.1, 0.15) is 5.75 Å². The summed E-state index contributed by atoms with van der Waals surface area (Å²) in [5.74, 6) is -0.382. The number of benzene rings is 1. The van der Waals surface area contributed by atoms with E-state index in [-0.39, 0.29) is 18.1 Å². The molecule has 9 heteroatoms. The molecule has 0 saturated carbocycles. The van der Waals surface area contributed by atoms with Gasteiger partial charge in [0.25, 0.3) is 0 Å². The van der Waals surface area contributed by atoms with E-state index in [1.807, 2.05) is 0 Å². The Kier molecular flexibility index (Phi) is 5.02. The summed E-state index contributed by atoms with van der Waals surface area (Å²) in [7, 11) is 1.56. The molecule has 1 amide bonds. The van der Waals surface area contributed by atoms with Crippen LogP contribution in [0.25, 0.3) is 10.9 Å². The van der Waals surface area contributed by atoms with Crippen LogP contribution in [0, 0.1) is 6.92 Å². The molecule has 0 unspecified atom stereocenters. The molecule has 0 aliphatic rings. The van der Waals surface area contributed by atoms with Gasteiger partial charge in [0.2, 0.25) is 5.91 Å². The molecule has 0 atom stereocenters. The molecule has 0 bridgehead atoms. The molecule has 2 heterocycles. The van der Waals surface area contributed by atoms with E-state index in [1.165, 1.54) is 6.07 Å². The predicted octanol–water partition coefficient (Wildman–Crippen LogP) is 2.98. The van der Waals surface area contributed by atoms with Crippen LogP contribution in [-0.2, 0) is 17.8 Å². The second-order valence-electron chi connectivity index (χ2n) is 6.01. The molecule has 0 aliphatic carbocycles. The standard InChI is InChI=1S/C18H17F3N4O2/c1-11-7-12(3-4-16(11)27-18(19,20)21)9-25-10-13-14(24-25)5-6-23-15(13)8-17(26)22-2/h3-7,10H,8-9H2,1-2H3,(H,22,26). The maximum absolute atomic E-state index is 12.4. The lowest BCUT2D eigenvalue weighted by Gasteiger charge is -2.12. The molecule has 0 fully saturated rings. The molecular weight excluding hydrogens is 361 g/mol. The molecule has 142 valence electrons. The van der Waals surface area contributed by atoms with Crippen LogP contribution in [0.5, 0.6) is 5.75 Å². The number of pyridine rings is 1. The maximum Gasteiger partial charge on any atom is 0.573 e. The molecule has 6 nitrogen and oxygen atoms in total. The van der Waals surface area contributed by atoms with Crippen LogP contribution in [0.1, 0.15) is 16.8 Å². The largest absolute Gasteiger partial charge is 0.573 e. The molecule has 0 aliphatic heterocycles. The third-order valence-electron chi connectivity index (χ3n) is 3.98. The number of likely N-dealkylation sites (N-methyl/N-ethyl adjacent to an activating group) is 1. The topological polar surface area (TPSA) is 69.0 Å². The van der Waals surface area contributed by atoms with Gasteiger partial charge in [-0.05, 0) is 30.2 Å². The van der Waals surface area contributed by atoms with Gasteiger partial charge in [0, 0.05) is 24.8 Å². The van der Waals surface area contributed by atoms with Gasteiger partial charge in [-0.15, -0.1) is 13.2 Å². The first kappa shape index (κ1) is 18.7. The Morgan fingerprint density at radius 2 is 2.07 bits per heavy atom. The third-order valence-corrected chi connectivity index (χ3v) is 3.98. The SMILES string of the molecule is CNC(=O)Cc1nccc2nn(Cc3ccc(OC(F)(F)F)c(C)c3)cc12.